The summed E-state index contributed by atoms with van der Waals surface area (Å²) < 4.78 is 0. The normalized spacial score (nSPS) is 14.9. The highest BCUT2D eigenvalue weighted by Crippen LogP contribution is 2.20. The molecule has 0 saturated carbocycles. The van der Waals surface area contributed by atoms with Crippen LogP contribution < -0.4 is 65.1 Å². The van der Waals surface area contributed by atoms with Crippen LogP contribution in [0.1, 0.15) is 111 Å². The number of aliphatic hydroxyl groups excluding tert-OH is 1. The number of para-hydroxylation sites is 1. The van der Waals surface area contributed by atoms with E-state index >= 15 is 0 Å². The number of H-pyrrole nitrogens is 2. The summed E-state index contributed by atoms with van der Waals surface area (Å²) >= 11 is 0. The zero-order valence-corrected chi connectivity index (χ0v) is 51.0. The number of benzene rings is 2. The second-order valence-electron chi connectivity index (χ2n) is 23.5. The van der Waals surface area contributed by atoms with Gasteiger partial charge in [0.1, 0.15) is 42.3 Å². The van der Waals surface area contributed by atoms with Crippen LogP contribution in [0.15, 0.2) is 73.3 Å². The van der Waals surface area contributed by atoms with Crippen LogP contribution in [0.3, 0.4) is 0 Å². The number of carbonyl (C=O) groups excluding carboxylic acids is 11. The van der Waals surface area contributed by atoms with Crippen LogP contribution in [0.2, 0.25) is 0 Å². The Balaban J connectivity index is 1.46. The molecule has 0 saturated heterocycles. The predicted octanol–water partition coefficient (Wildman–Crippen LogP) is -0.833. The van der Waals surface area contributed by atoms with E-state index in [0.29, 0.717) is 11.3 Å². The molecule has 10 atom stereocenters. The molecule has 0 spiro atoms. The summed E-state index contributed by atoms with van der Waals surface area (Å²) in [7, 11) is 0. The zero-order chi connectivity index (χ0) is 64.7. The molecule has 0 aliphatic rings. The van der Waals surface area contributed by atoms with Gasteiger partial charge in [0, 0.05) is 48.3 Å². The molecule has 27 nitrogen and oxygen atoms in total. The number of aromatic nitrogens is 3. The van der Waals surface area contributed by atoms with Crippen molar-refractivity contribution in [3.05, 3.63) is 90.1 Å². The average Bonchev–Trinajstić information content (AvgIpc) is 3.31. The lowest BCUT2D eigenvalue weighted by molar-refractivity contribution is -0.137. The number of carbonyl (C=O) groups is 11. The topological polar surface area (TPSA) is 439 Å². The molecule has 4 aromatic rings. The van der Waals surface area contributed by atoms with Crippen molar-refractivity contribution >= 4 is 75.9 Å². The van der Waals surface area contributed by atoms with E-state index in [1.54, 1.807) is 70.3 Å². The monoisotopic (exact) mass is 1210 g/mol. The number of primary amides is 2. The molecule has 2 aromatic heterocycles. The number of rotatable bonds is 36. The van der Waals surface area contributed by atoms with E-state index in [9.17, 15) is 57.8 Å². The number of nitrogens with one attached hydrogen (secondary N) is 11. The number of hydrogen-bond donors (Lipinski definition) is 15. The van der Waals surface area contributed by atoms with Gasteiger partial charge in [-0.15, -0.1) is 0 Å². The molecule has 18 N–H and O–H groups in total. The molecule has 4 rings (SSSR count). The summed E-state index contributed by atoms with van der Waals surface area (Å²) in [6.07, 6.45) is 2.33. The quantitative estimate of drug-likeness (QED) is 0.0264. The van der Waals surface area contributed by atoms with Crippen molar-refractivity contribution in [3.8, 4) is 0 Å². The van der Waals surface area contributed by atoms with Crippen molar-refractivity contribution in [2.75, 3.05) is 6.54 Å². The Morgan fingerprint density at radius 2 is 1.11 bits per heavy atom. The standard InChI is InChI=1S/C60H89N15O12/c1-31(2)21-43(51(78)60(87)74-45(23-33(5)6)57(84)72-44(52(63)79)22-32(3)4)71-58(85)47(26-38-28-64-30-67-38)69-49(77)29-66-59(86)50(34(7)8)75-53(80)35(9)68-56(83)46(25-37-27-65-41-18-14-13-17-39(37)41)73-55(82)42(19-20-48(62)76)70-54(81)40(61)24-36-15-11-10-12-16-36/h10-18,27-28,30-35,40,42-47,50-51,65,78H,19-26,29,61H2,1-9H3,(H2,62,76)(H2,63,79)(H,64,67)(H,66,86)(H,68,83)(H,69,77)(H,70,81)(H,71,85)(H,72,84)(H,73,82)(H,74,87)(H,75,80)/t35-,40+,42-,43-,44-,45-,46-,47-,50-,51-/m0/s1. The smallest absolute Gasteiger partial charge is 0.251 e. The molecule has 0 fully saturated rings. The lowest BCUT2D eigenvalue weighted by atomic mass is 9.96. The number of amides is 11. The first-order valence-corrected chi connectivity index (χ1v) is 29.3. The lowest BCUT2D eigenvalue weighted by Gasteiger charge is -2.29. The molecule has 0 radical (unpaired) electrons. The minimum absolute atomic E-state index is 0.00169. The van der Waals surface area contributed by atoms with E-state index in [1.807, 2.05) is 45.9 Å². The summed E-state index contributed by atoms with van der Waals surface area (Å²) in [4.78, 5) is 159. The third-order valence-corrected chi connectivity index (χ3v) is 14.1. The Morgan fingerprint density at radius 1 is 0.552 bits per heavy atom. The molecule has 476 valence electrons. The number of aliphatic hydroxyl groups is 1. The summed E-state index contributed by atoms with van der Waals surface area (Å²) in [6.45, 7) is 14.8. The van der Waals surface area contributed by atoms with E-state index in [4.69, 9.17) is 17.2 Å². The van der Waals surface area contributed by atoms with Crippen LogP contribution in [0.4, 0.5) is 0 Å². The molecule has 27 heteroatoms. The number of nitrogens with two attached hydrogens (primary N) is 3. The summed E-state index contributed by atoms with van der Waals surface area (Å²) in [5, 5.41) is 35.7. The number of hydrogen-bond acceptors (Lipinski definition) is 14. The summed E-state index contributed by atoms with van der Waals surface area (Å²) in [5.74, 6) is -9.72. The maximum absolute atomic E-state index is 14.3. The molecular formula is C60H89N15O12. The maximum atomic E-state index is 14.3. The average molecular weight is 1210 g/mol. The highest BCUT2D eigenvalue weighted by Gasteiger charge is 2.36. The SMILES string of the molecule is CC(C)C[C@H](NC(=O)[C@H](CC(C)C)NC(=O)[C@@H](O)[C@H](CC(C)C)NC(=O)[C@H](Cc1cnc[nH]1)NC(=O)CNC(=O)[C@@H](NC(=O)[C@H](C)NC(=O)[C@H](Cc1c[nH]c2ccccc12)NC(=O)[C@H](CCC(N)=O)NC(=O)[C@H](N)Cc1ccccc1)C(C)C)C(N)=O. The minimum atomic E-state index is -1.90. The zero-order valence-electron chi connectivity index (χ0n) is 51.0. The van der Waals surface area contributed by atoms with Crippen molar-refractivity contribution in [2.45, 2.75) is 174 Å². The number of fused-ring (bicyclic) bond motifs is 1. The van der Waals surface area contributed by atoms with Gasteiger partial charge in [-0.25, -0.2) is 4.98 Å². The highest BCUT2D eigenvalue weighted by atomic mass is 16.3. The molecule has 11 amide bonds. The van der Waals surface area contributed by atoms with E-state index in [0.717, 1.165) is 16.5 Å². The van der Waals surface area contributed by atoms with E-state index < -0.39 is 138 Å². The van der Waals surface area contributed by atoms with Gasteiger partial charge in [-0.3, -0.25) is 52.7 Å². The van der Waals surface area contributed by atoms with Gasteiger partial charge in [-0.2, -0.15) is 0 Å². The molecule has 87 heavy (non-hydrogen) atoms. The Bertz CT molecular complexity index is 2970. The summed E-state index contributed by atoms with van der Waals surface area (Å²) in [5.41, 5.74) is 19.8. The van der Waals surface area contributed by atoms with Gasteiger partial charge in [0.05, 0.1) is 25.0 Å². The largest absolute Gasteiger partial charge is 0.381 e. The first kappa shape index (κ1) is 70.8. The minimum Gasteiger partial charge on any atom is -0.381 e. The molecule has 0 aliphatic heterocycles. The molecule has 2 aromatic carbocycles. The van der Waals surface area contributed by atoms with Crippen LogP contribution in [-0.4, -0.2) is 152 Å². The van der Waals surface area contributed by atoms with Crippen LogP contribution in [0.25, 0.3) is 10.9 Å². The third-order valence-electron chi connectivity index (χ3n) is 14.1. The number of imidazole rings is 1. The molecule has 0 unspecified atom stereocenters. The second-order valence-corrected chi connectivity index (χ2v) is 23.5. The van der Waals surface area contributed by atoms with Gasteiger partial charge in [-0.1, -0.05) is 104 Å². The Kier molecular flexibility index (Phi) is 28.0. The highest BCUT2D eigenvalue weighted by molar-refractivity contribution is 5.98. The first-order chi connectivity index (χ1) is 41.0. The fourth-order valence-electron chi connectivity index (χ4n) is 9.53. The second kappa shape index (κ2) is 34.4. The van der Waals surface area contributed by atoms with Gasteiger partial charge in [0.25, 0.3) is 5.91 Å². The van der Waals surface area contributed by atoms with Gasteiger partial charge in [0.15, 0.2) is 6.10 Å². The molecule has 0 aliphatic carbocycles. The van der Waals surface area contributed by atoms with Crippen molar-refractivity contribution in [1.82, 2.24) is 62.8 Å². The first-order valence-electron chi connectivity index (χ1n) is 29.3. The van der Waals surface area contributed by atoms with E-state index in [2.05, 4.69) is 62.8 Å². The summed E-state index contributed by atoms with van der Waals surface area (Å²) in [6, 6.07) is 4.93. The maximum Gasteiger partial charge on any atom is 0.251 e. The lowest BCUT2D eigenvalue weighted by Crippen LogP contribution is -2.60. The molecule has 0 bridgehead atoms. The van der Waals surface area contributed by atoms with Crippen LogP contribution >= 0.6 is 0 Å². The van der Waals surface area contributed by atoms with Crippen molar-refractivity contribution in [1.29, 1.82) is 0 Å². The van der Waals surface area contributed by atoms with Crippen molar-refractivity contribution in [3.63, 3.8) is 0 Å². The molecular weight excluding hydrogens is 1120 g/mol. The Morgan fingerprint density at radius 3 is 1.72 bits per heavy atom. The Hall–Kier alpha value is -8.72. The van der Waals surface area contributed by atoms with Crippen molar-refractivity contribution < 1.29 is 57.8 Å². The van der Waals surface area contributed by atoms with Crippen molar-refractivity contribution in [2.24, 2.45) is 40.9 Å². The van der Waals surface area contributed by atoms with E-state index in [1.165, 1.54) is 19.4 Å². The number of nitrogens with zero attached hydrogens (tertiary/aromatic N) is 1. The van der Waals surface area contributed by atoms with Gasteiger partial charge >= 0.3 is 0 Å². The fraction of sp³-hybridized carbons (Fsp3) is 0.533. The molecule has 2 heterocycles. The fourth-order valence-corrected chi connectivity index (χ4v) is 9.53. The third kappa shape index (κ3) is 23.6. The number of aromatic amines is 2. The van der Waals surface area contributed by atoms with Gasteiger partial charge in [0.2, 0.25) is 59.1 Å². The van der Waals surface area contributed by atoms with Gasteiger partial charge < -0.3 is 80.1 Å². The Labute approximate surface area is 506 Å². The van der Waals surface area contributed by atoms with Gasteiger partial charge in [-0.05, 0) is 79.9 Å². The van der Waals surface area contributed by atoms with Crippen LogP contribution in [-0.2, 0) is 72.0 Å². The van der Waals surface area contributed by atoms with Crippen LogP contribution in [0.5, 0.6) is 0 Å². The van der Waals surface area contributed by atoms with Crippen LogP contribution in [0, 0.1) is 23.7 Å². The van der Waals surface area contributed by atoms with E-state index in [-0.39, 0.29) is 69.1 Å². The predicted molar refractivity (Wildman–Crippen MR) is 323 cm³/mol.